The SMILES string of the molecule is C1=CN=C2CCC3CCNC3=C2C=C1. The molecule has 3 aliphatic rings. The lowest BCUT2D eigenvalue weighted by Crippen LogP contribution is -2.20. The van der Waals surface area contributed by atoms with Gasteiger partial charge in [0.2, 0.25) is 0 Å². The fraction of sp³-hybridized carbons (Fsp3) is 0.417. The summed E-state index contributed by atoms with van der Waals surface area (Å²) in [6.45, 7) is 1.14. The number of nitrogens with one attached hydrogen (secondary N) is 1. The van der Waals surface area contributed by atoms with E-state index in [-0.39, 0.29) is 0 Å². The van der Waals surface area contributed by atoms with Crippen molar-refractivity contribution in [2.75, 3.05) is 6.54 Å². The lowest BCUT2D eigenvalue weighted by atomic mass is 9.86. The van der Waals surface area contributed by atoms with Gasteiger partial charge in [-0.05, 0) is 25.3 Å². The lowest BCUT2D eigenvalue weighted by molar-refractivity contribution is 0.585. The first-order valence-corrected chi connectivity index (χ1v) is 5.33. The minimum Gasteiger partial charge on any atom is -0.388 e. The summed E-state index contributed by atoms with van der Waals surface area (Å²) in [6, 6.07) is 0. The molecule has 0 radical (unpaired) electrons. The zero-order chi connectivity index (χ0) is 9.38. The van der Waals surface area contributed by atoms with Crippen molar-refractivity contribution in [2.45, 2.75) is 19.3 Å². The Hall–Kier alpha value is -1.31. The van der Waals surface area contributed by atoms with Crippen molar-refractivity contribution in [3.05, 3.63) is 35.7 Å². The number of hydrogen-bond donors (Lipinski definition) is 1. The van der Waals surface area contributed by atoms with E-state index in [1.807, 2.05) is 12.3 Å². The Morgan fingerprint density at radius 1 is 1.29 bits per heavy atom. The van der Waals surface area contributed by atoms with E-state index in [1.54, 1.807) is 0 Å². The molecule has 0 aromatic heterocycles. The van der Waals surface area contributed by atoms with Crippen LogP contribution < -0.4 is 5.32 Å². The van der Waals surface area contributed by atoms with Gasteiger partial charge in [-0.3, -0.25) is 4.99 Å². The molecule has 2 heteroatoms. The highest BCUT2D eigenvalue weighted by molar-refractivity contribution is 6.04. The predicted octanol–water partition coefficient (Wildman–Crippen LogP) is 2.17. The number of hydrogen-bond acceptors (Lipinski definition) is 2. The second-order valence-corrected chi connectivity index (χ2v) is 4.05. The van der Waals surface area contributed by atoms with Gasteiger partial charge in [0, 0.05) is 35.6 Å². The molecule has 1 fully saturated rings. The Kier molecular flexibility index (Phi) is 1.79. The lowest BCUT2D eigenvalue weighted by Gasteiger charge is -2.22. The third-order valence-corrected chi connectivity index (χ3v) is 3.24. The van der Waals surface area contributed by atoms with Gasteiger partial charge in [-0.2, -0.15) is 0 Å². The van der Waals surface area contributed by atoms with Crippen LogP contribution in [0.5, 0.6) is 0 Å². The molecule has 0 aromatic rings. The van der Waals surface area contributed by atoms with E-state index < -0.39 is 0 Å². The number of aliphatic imine (C=N–C) groups is 1. The Bertz CT molecular complexity index is 372. The maximum atomic E-state index is 4.48. The fourth-order valence-corrected chi connectivity index (χ4v) is 2.53. The molecule has 0 saturated carbocycles. The highest BCUT2D eigenvalue weighted by Crippen LogP contribution is 2.33. The van der Waals surface area contributed by atoms with Gasteiger partial charge in [-0.25, -0.2) is 0 Å². The first-order chi connectivity index (χ1) is 6.95. The molecule has 0 bridgehead atoms. The molecular formula is C12H14N2. The average Bonchev–Trinajstić information content (AvgIpc) is 2.55. The number of fused-ring (bicyclic) bond motifs is 2. The molecule has 1 atom stereocenters. The number of rotatable bonds is 0. The number of allylic oxidation sites excluding steroid dienone is 5. The molecule has 0 spiro atoms. The van der Waals surface area contributed by atoms with Gasteiger partial charge in [0.05, 0.1) is 0 Å². The molecule has 1 saturated heterocycles. The van der Waals surface area contributed by atoms with Gasteiger partial charge in [0.25, 0.3) is 0 Å². The highest BCUT2D eigenvalue weighted by atomic mass is 14.9. The zero-order valence-electron chi connectivity index (χ0n) is 8.16. The van der Waals surface area contributed by atoms with Crippen molar-refractivity contribution in [1.29, 1.82) is 0 Å². The minimum atomic E-state index is 0.770. The molecule has 14 heavy (non-hydrogen) atoms. The van der Waals surface area contributed by atoms with Crippen LogP contribution in [-0.4, -0.2) is 12.3 Å². The normalized spacial score (nSPS) is 29.1. The Balaban J connectivity index is 2.11. The molecular weight excluding hydrogens is 172 g/mol. The van der Waals surface area contributed by atoms with Gasteiger partial charge < -0.3 is 5.32 Å². The van der Waals surface area contributed by atoms with Crippen LogP contribution in [0.25, 0.3) is 0 Å². The minimum absolute atomic E-state index is 0.770. The topological polar surface area (TPSA) is 24.4 Å². The largest absolute Gasteiger partial charge is 0.388 e. The van der Waals surface area contributed by atoms with Crippen molar-refractivity contribution in [1.82, 2.24) is 5.32 Å². The maximum Gasteiger partial charge on any atom is 0.0493 e. The van der Waals surface area contributed by atoms with Crippen molar-refractivity contribution in [3.8, 4) is 0 Å². The molecule has 0 aromatic carbocycles. The molecule has 0 amide bonds. The Morgan fingerprint density at radius 3 is 3.29 bits per heavy atom. The van der Waals surface area contributed by atoms with E-state index >= 15 is 0 Å². The Labute approximate surface area is 84.1 Å². The smallest absolute Gasteiger partial charge is 0.0493 e. The van der Waals surface area contributed by atoms with Crippen molar-refractivity contribution in [2.24, 2.45) is 10.9 Å². The van der Waals surface area contributed by atoms with Gasteiger partial charge in [0.15, 0.2) is 0 Å². The first kappa shape index (κ1) is 8.04. The molecule has 2 nitrogen and oxygen atoms in total. The molecule has 1 unspecified atom stereocenters. The van der Waals surface area contributed by atoms with Gasteiger partial charge in [-0.15, -0.1) is 0 Å². The third-order valence-electron chi connectivity index (χ3n) is 3.24. The molecule has 1 N–H and O–H groups in total. The van der Waals surface area contributed by atoms with Crippen LogP contribution in [0.2, 0.25) is 0 Å². The monoisotopic (exact) mass is 186 g/mol. The quantitative estimate of drug-likeness (QED) is 0.616. The summed E-state index contributed by atoms with van der Waals surface area (Å²) in [5.74, 6) is 0.770. The summed E-state index contributed by atoms with van der Waals surface area (Å²) in [5, 5.41) is 3.51. The predicted molar refractivity (Wildman–Crippen MR) is 58.1 cm³/mol. The zero-order valence-corrected chi connectivity index (χ0v) is 8.16. The summed E-state index contributed by atoms with van der Waals surface area (Å²) in [5.41, 5.74) is 4.05. The molecule has 72 valence electrons. The van der Waals surface area contributed by atoms with Crippen LogP contribution in [0.15, 0.2) is 40.7 Å². The Morgan fingerprint density at radius 2 is 2.29 bits per heavy atom. The van der Waals surface area contributed by atoms with Crippen LogP contribution in [-0.2, 0) is 0 Å². The van der Waals surface area contributed by atoms with E-state index in [0.717, 1.165) is 18.9 Å². The van der Waals surface area contributed by atoms with Crippen LogP contribution >= 0.6 is 0 Å². The summed E-state index contributed by atoms with van der Waals surface area (Å²) >= 11 is 0. The first-order valence-electron chi connectivity index (χ1n) is 5.33. The van der Waals surface area contributed by atoms with E-state index in [2.05, 4.69) is 22.5 Å². The highest BCUT2D eigenvalue weighted by Gasteiger charge is 2.29. The second-order valence-electron chi connectivity index (χ2n) is 4.05. The van der Waals surface area contributed by atoms with E-state index in [4.69, 9.17) is 0 Å². The molecule has 2 aliphatic heterocycles. The second kappa shape index (κ2) is 3.12. The van der Waals surface area contributed by atoms with Gasteiger partial charge >= 0.3 is 0 Å². The summed E-state index contributed by atoms with van der Waals surface area (Å²) < 4.78 is 0. The van der Waals surface area contributed by atoms with E-state index in [1.165, 1.54) is 29.8 Å². The maximum absolute atomic E-state index is 4.48. The van der Waals surface area contributed by atoms with Gasteiger partial charge in [-0.1, -0.05) is 12.2 Å². The van der Waals surface area contributed by atoms with Crippen molar-refractivity contribution in [3.63, 3.8) is 0 Å². The van der Waals surface area contributed by atoms with E-state index in [9.17, 15) is 0 Å². The van der Waals surface area contributed by atoms with Crippen LogP contribution in [0.4, 0.5) is 0 Å². The average molecular weight is 186 g/mol. The molecule has 2 heterocycles. The molecule has 1 aliphatic carbocycles. The molecule has 3 rings (SSSR count). The standard InChI is InChI=1S/C12H14N2/c1-2-7-13-11-5-4-9-6-8-14-12(9)10(11)3-1/h1-3,7,9,14H,4-6,8H2. The van der Waals surface area contributed by atoms with Crippen molar-refractivity contribution < 1.29 is 0 Å². The summed E-state index contributed by atoms with van der Waals surface area (Å²) in [7, 11) is 0. The number of nitrogens with zero attached hydrogens (tertiary/aromatic N) is 1. The van der Waals surface area contributed by atoms with Crippen LogP contribution in [0.1, 0.15) is 19.3 Å². The van der Waals surface area contributed by atoms with Crippen LogP contribution in [0.3, 0.4) is 0 Å². The van der Waals surface area contributed by atoms with E-state index in [0.29, 0.717) is 0 Å². The third kappa shape index (κ3) is 1.14. The van der Waals surface area contributed by atoms with Gasteiger partial charge in [0.1, 0.15) is 0 Å². The summed E-state index contributed by atoms with van der Waals surface area (Å²) in [6.07, 6.45) is 11.9. The summed E-state index contributed by atoms with van der Waals surface area (Å²) in [4.78, 5) is 4.48. The fourth-order valence-electron chi connectivity index (χ4n) is 2.53. The van der Waals surface area contributed by atoms with Crippen molar-refractivity contribution >= 4 is 5.71 Å². The van der Waals surface area contributed by atoms with Crippen LogP contribution in [0, 0.1) is 5.92 Å².